The van der Waals surface area contributed by atoms with E-state index in [0.29, 0.717) is 5.69 Å². The largest absolute Gasteiger partial charge is 0.497 e. The fraction of sp³-hybridized carbons (Fsp3) is 0.211. The number of carbonyl (C=O) groups excluding carboxylic acids is 1. The molecule has 0 aliphatic carbocycles. The SMILES string of the molecule is COc1ccc(Nc2ccc(NC(=O)OCC=C(C)C)cc2)cc1. The van der Waals surface area contributed by atoms with Gasteiger partial charge in [0.05, 0.1) is 7.11 Å². The van der Waals surface area contributed by atoms with Gasteiger partial charge in [0.15, 0.2) is 0 Å². The van der Waals surface area contributed by atoms with Crippen LogP contribution in [0.5, 0.6) is 5.75 Å². The summed E-state index contributed by atoms with van der Waals surface area (Å²) in [5.74, 6) is 0.812. The van der Waals surface area contributed by atoms with Crippen molar-refractivity contribution in [1.29, 1.82) is 0 Å². The minimum atomic E-state index is -0.469. The standard InChI is InChI=1S/C19H22N2O3/c1-14(2)12-13-24-19(22)21-17-6-4-15(5-7-17)20-16-8-10-18(23-3)11-9-16/h4-12,20H,13H2,1-3H3,(H,21,22). The van der Waals surface area contributed by atoms with Gasteiger partial charge in [-0.05, 0) is 68.5 Å². The van der Waals surface area contributed by atoms with Gasteiger partial charge in [-0.25, -0.2) is 4.79 Å². The van der Waals surface area contributed by atoms with Gasteiger partial charge in [0.1, 0.15) is 12.4 Å². The lowest BCUT2D eigenvalue weighted by atomic mass is 10.2. The third-order valence-corrected chi connectivity index (χ3v) is 3.22. The molecule has 5 nitrogen and oxygen atoms in total. The molecular formula is C19H22N2O3. The normalized spacial score (nSPS) is 9.79. The van der Waals surface area contributed by atoms with Crippen LogP contribution in [0.3, 0.4) is 0 Å². The molecule has 2 aromatic carbocycles. The smallest absolute Gasteiger partial charge is 0.411 e. The number of nitrogens with one attached hydrogen (secondary N) is 2. The number of carbonyl (C=O) groups is 1. The summed E-state index contributed by atoms with van der Waals surface area (Å²) in [5.41, 5.74) is 3.66. The second-order valence-corrected chi connectivity index (χ2v) is 5.44. The predicted octanol–water partition coefficient (Wildman–Crippen LogP) is 4.95. The van der Waals surface area contributed by atoms with Crippen molar-refractivity contribution in [3.05, 3.63) is 60.2 Å². The van der Waals surface area contributed by atoms with Gasteiger partial charge in [0.25, 0.3) is 0 Å². The van der Waals surface area contributed by atoms with E-state index in [2.05, 4.69) is 10.6 Å². The molecule has 2 aromatic rings. The van der Waals surface area contributed by atoms with Crippen molar-refractivity contribution >= 4 is 23.2 Å². The van der Waals surface area contributed by atoms with Crippen LogP contribution in [0.25, 0.3) is 0 Å². The lowest BCUT2D eigenvalue weighted by Gasteiger charge is -2.09. The molecule has 0 saturated carbocycles. The Hall–Kier alpha value is -2.95. The fourth-order valence-corrected chi connectivity index (χ4v) is 1.92. The summed E-state index contributed by atoms with van der Waals surface area (Å²) >= 11 is 0. The van der Waals surface area contributed by atoms with Crippen LogP contribution in [0.1, 0.15) is 13.8 Å². The average molecular weight is 326 g/mol. The molecule has 0 atom stereocenters. The van der Waals surface area contributed by atoms with Gasteiger partial charge in [-0.15, -0.1) is 0 Å². The predicted molar refractivity (Wildman–Crippen MR) is 97.1 cm³/mol. The highest BCUT2D eigenvalue weighted by molar-refractivity contribution is 5.85. The maximum Gasteiger partial charge on any atom is 0.411 e. The average Bonchev–Trinajstić information content (AvgIpc) is 2.57. The second-order valence-electron chi connectivity index (χ2n) is 5.44. The lowest BCUT2D eigenvalue weighted by Crippen LogP contribution is -2.13. The van der Waals surface area contributed by atoms with Gasteiger partial charge in [0.2, 0.25) is 0 Å². The molecule has 5 heteroatoms. The molecule has 0 aliphatic rings. The first-order chi connectivity index (χ1) is 11.6. The maximum atomic E-state index is 11.6. The highest BCUT2D eigenvalue weighted by atomic mass is 16.5. The zero-order valence-corrected chi connectivity index (χ0v) is 14.1. The van der Waals surface area contributed by atoms with Crippen molar-refractivity contribution in [2.24, 2.45) is 0 Å². The molecule has 2 rings (SSSR count). The van der Waals surface area contributed by atoms with Crippen molar-refractivity contribution in [2.45, 2.75) is 13.8 Å². The van der Waals surface area contributed by atoms with Crippen LogP contribution < -0.4 is 15.4 Å². The summed E-state index contributed by atoms with van der Waals surface area (Å²) in [5, 5.41) is 5.96. The van der Waals surface area contributed by atoms with Crippen molar-refractivity contribution in [2.75, 3.05) is 24.4 Å². The maximum absolute atomic E-state index is 11.6. The second kappa shape index (κ2) is 8.62. The Morgan fingerprint density at radius 3 is 2.04 bits per heavy atom. The molecule has 0 aromatic heterocycles. The Bertz CT molecular complexity index is 688. The number of rotatable bonds is 6. The zero-order chi connectivity index (χ0) is 17.4. The number of benzene rings is 2. The number of hydrogen-bond donors (Lipinski definition) is 2. The molecule has 0 aliphatic heterocycles. The van der Waals surface area contributed by atoms with Crippen LogP contribution in [0, 0.1) is 0 Å². The molecule has 0 fully saturated rings. The van der Waals surface area contributed by atoms with E-state index in [9.17, 15) is 4.79 Å². The van der Waals surface area contributed by atoms with Gasteiger partial charge in [-0.3, -0.25) is 5.32 Å². The van der Waals surface area contributed by atoms with Gasteiger partial charge in [-0.1, -0.05) is 5.57 Å². The molecule has 0 unspecified atom stereocenters. The van der Waals surface area contributed by atoms with Crippen LogP contribution in [-0.4, -0.2) is 19.8 Å². The first kappa shape index (κ1) is 17.4. The number of anilines is 3. The Morgan fingerprint density at radius 1 is 0.958 bits per heavy atom. The summed E-state index contributed by atoms with van der Waals surface area (Å²) in [6, 6.07) is 15.0. The van der Waals surface area contributed by atoms with Crippen LogP contribution in [0.15, 0.2) is 60.2 Å². The molecule has 1 amide bonds. The molecule has 0 spiro atoms. The van der Waals surface area contributed by atoms with Crippen LogP contribution in [0.2, 0.25) is 0 Å². The molecule has 126 valence electrons. The van der Waals surface area contributed by atoms with E-state index in [-0.39, 0.29) is 6.61 Å². The third kappa shape index (κ3) is 5.68. The number of amides is 1. The van der Waals surface area contributed by atoms with Crippen molar-refractivity contribution in [1.82, 2.24) is 0 Å². The number of ether oxygens (including phenoxy) is 2. The van der Waals surface area contributed by atoms with Crippen LogP contribution in [-0.2, 0) is 4.74 Å². The highest BCUT2D eigenvalue weighted by Crippen LogP contribution is 2.21. The van der Waals surface area contributed by atoms with E-state index in [1.165, 1.54) is 0 Å². The van der Waals surface area contributed by atoms with Gasteiger partial charge in [0, 0.05) is 17.1 Å². The monoisotopic (exact) mass is 326 g/mol. The minimum absolute atomic E-state index is 0.269. The number of hydrogen-bond acceptors (Lipinski definition) is 4. The van der Waals surface area contributed by atoms with E-state index in [4.69, 9.17) is 9.47 Å². The van der Waals surface area contributed by atoms with E-state index in [0.717, 1.165) is 22.7 Å². The highest BCUT2D eigenvalue weighted by Gasteiger charge is 2.02. The third-order valence-electron chi connectivity index (χ3n) is 3.22. The topological polar surface area (TPSA) is 59.6 Å². The van der Waals surface area contributed by atoms with Gasteiger partial charge in [-0.2, -0.15) is 0 Å². The molecule has 0 heterocycles. The zero-order valence-electron chi connectivity index (χ0n) is 14.1. The quantitative estimate of drug-likeness (QED) is 0.737. The van der Waals surface area contributed by atoms with E-state index >= 15 is 0 Å². The summed E-state index contributed by atoms with van der Waals surface area (Å²) in [6.45, 7) is 4.18. The summed E-state index contributed by atoms with van der Waals surface area (Å²) in [4.78, 5) is 11.6. The lowest BCUT2D eigenvalue weighted by molar-refractivity contribution is 0.174. The van der Waals surface area contributed by atoms with Crippen molar-refractivity contribution in [3.8, 4) is 5.75 Å². The van der Waals surface area contributed by atoms with E-state index < -0.39 is 6.09 Å². The molecule has 0 bridgehead atoms. The van der Waals surface area contributed by atoms with E-state index in [1.54, 1.807) is 7.11 Å². The summed E-state index contributed by atoms with van der Waals surface area (Å²) in [7, 11) is 1.64. The molecule has 0 saturated heterocycles. The molecule has 2 N–H and O–H groups in total. The van der Waals surface area contributed by atoms with Gasteiger partial charge < -0.3 is 14.8 Å². The summed E-state index contributed by atoms with van der Waals surface area (Å²) in [6.07, 6.45) is 1.38. The van der Waals surface area contributed by atoms with E-state index in [1.807, 2.05) is 68.5 Å². The van der Waals surface area contributed by atoms with Crippen LogP contribution in [0.4, 0.5) is 21.9 Å². The Morgan fingerprint density at radius 2 is 1.50 bits per heavy atom. The van der Waals surface area contributed by atoms with Gasteiger partial charge >= 0.3 is 6.09 Å². The minimum Gasteiger partial charge on any atom is -0.497 e. The molecular weight excluding hydrogens is 304 g/mol. The van der Waals surface area contributed by atoms with Crippen LogP contribution >= 0.6 is 0 Å². The Kier molecular flexibility index (Phi) is 6.25. The molecule has 24 heavy (non-hydrogen) atoms. The first-order valence-electron chi connectivity index (χ1n) is 7.65. The number of methoxy groups -OCH3 is 1. The van der Waals surface area contributed by atoms with Crippen molar-refractivity contribution in [3.63, 3.8) is 0 Å². The first-order valence-corrected chi connectivity index (χ1v) is 7.65. The van der Waals surface area contributed by atoms with Crippen molar-refractivity contribution < 1.29 is 14.3 Å². The Labute approximate surface area is 142 Å². The Balaban J connectivity index is 1.87. The number of allylic oxidation sites excluding steroid dienone is 1. The summed E-state index contributed by atoms with van der Waals surface area (Å²) < 4.78 is 10.2. The fourth-order valence-electron chi connectivity index (χ4n) is 1.92. The molecule has 0 radical (unpaired) electrons.